The van der Waals surface area contributed by atoms with Crippen LogP contribution in [0.1, 0.15) is 12.8 Å². The van der Waals surface area contributed by atoms with Crippen molar-refractivity contribution in [1.82, 2.24) is 10.6 Å². The first-order valence-corrected chi connectivity index (χ1v) is 8.39. The molecule has 0 aliphatic carbocycles. The number of nitrogens with zero attached hydrogens (tertiary/aromatic N) is 2. The highest BCUT2D eigenvalue weighted by Crippen LogP contribution is 2.24. The molecule has 0 amide bonds. The molecule has 1 unspecified atom stereocenters. The Balaban J connectivity index is 1.92. The molecule has 4 N–H and O–H groups in total. The normalized spacial score (nSPS) is 21.7. The van der Waals surface area contributed by atoms with Crippen LogP contribution in [-0.2, 0) is 4.74 Å². The predicted molar refractivity (Wildman–Crippen MR) is 92.9 cm³/mol. The molecule has 3 rings (SSSR count). The Morgan fingerprint density at radius 3 is 2.58 bits per heavy atom. The molecule has 0 saturated carbocycles. The number of amidine groups is 1. The highest BCUT2D eigenvalue weighted by atomic mass is 35.5. The average molecular weight is 388 g/mol. The summed E-state index contributed by atoms with van der Waals surface area (Å²) in [7, 11) is 0. The third-order valence-electron chi connectivity index (χ3n) is 3.93. The van der Waals surface area contributed by atoms with Crippen LogP contribution in [0.25, 0.3) is 0 Å². The minimum atomic E-state index is -1.15. The van der Waals surface area contributed by atoms with Crippen LogP contribution in [0.15, 0.2) is 33.5 Å². The molecule has 1 fully saturated rings. The van der Waals surface area contributed by atoms with E-state index in [2.05, 4.69) is 20.6 Å². The van der Waals surface area contributed by atoms with Crippen molar-refractivity contribution in [3.05, 3.63) is 41.0 Å². The number of hydrogen-bond acceptors (Lipinski definition) is 5. The Kier molecular flexibility index (Phi) is 5.67. The lowest BCUT2D eigenvalue weighted by atomic mass is 10.1. The van der Waals surface area contributed by atoms with E-state index in [0.717, 1.165) is 12.8 Å². The number of ether oxygens (including phenoxy) is 1. The van der Waals surface area contributed by atoms with Gasteiger partial charge in [-0.25, -0.2) is 18.2 Å². The summed E-state index contributed by atoms with van der Waals surface area (Å²) in [6, 6.07) is 1.18. The van der Waals surface area contributed by atoms with Gasteiger partial charge in [0, 0.05) is 37.6 Å². The van der Waals surface area contributed by atoms with E-state index in [9.17, 15) is 13.2 Å². The summed E-state index contributed by atoms with van der Waals surface area (Å²) in [5, 5.41) is 6.15. The molecule has 0 aromatic heterocycles. The number of nitrogens with one attached hydrogen (secondary N) is 2. The Morgan fingerprint density at radius 2 is 1.92 bits per heavy atom. The molecule has 2 aliphatic heterocycles. The smallest absolute Gasteiger partial charge is 0.196 e. The van der Waals surface area contributed by atoms with Gasteiger partial charge in [-0.15, -0.1) is 0 Å². The monoisotopic (exact) mass is 387 g/mol. The highest BCUT2D eigenvalue weighted by molar-refractivity contribution is 6.23. The highest BCUT2D eigenvalue weighted by Gasteiger charge is 2.22. The van der Waals surface area contributed by atoms with E-state index >= 15 is 0 Å². The van der Waals surface area contributed by atoms with Crippen molar-refractivity contribution in [2.24, 2.45) is 15.7 Å². The summed E-state index contributed by atoms with van der Waals surface area (Å²) < 4.78 is 46.0. The zero-order chi connectivity index (χ0) is 18.7. The topological polar surface area (TPSA) is 84.0 Å². The standard InChI is InChI=1S/C16H17ClF3N5O/c17-16-22-7-10(15(25-16)23-9-1-3-26-4-2-9)14(21)24-13-11(19)5-8(18)6-12(13)20/h5-7,9,16,23,25H,1-4H2,(H2,21,24). The van der Waals surface area contributed by atoms with E-state index in [0.29, 0.717) is 36.7 Å². The largest absolute Gasteiger partial charge is 0.383 e. The van der Waals surface area contributed by atoms with Crippen LogP contribution in [0.5, 0.6) is 0 Å². The molecule has 2 heterocycles. The molecule has 0 spiro atoms. The Morgan fingerprint density at radius 1 is 1.27 bits per heavy atom. The van der Waals surface area contributed by atoms with Gasteiger partial charge in [0.05, 0.1) is 5.57 Å². The summed E-state index contributed by atoms with van der Waals surface area (Å²) >= 11 is 5.98. The molecule has 140 valence electrons. The lowest BCUT2D eigenvalue weighted by molar-refractivity contribution is 0.0798. The molecule has 6 nitrogen and oxygen atoms in total. The Bertz CT molecular complexity index is 754. The second kappa shape index (κ2) is 7.96. The molecule has 10 heteroatoms. The lowest BCUT2D eigenvalue weighted by Gasteiger charge is -2.29. The van der Waals surface area contributed by atoms with Crippen molar-refractivity contribution in [3.8, 4) is 0 Å². The molecule has 1 aromatic carbocycles. The van der Waals surface area contributed by atoms with Crippen molar-refractivity contribution >= 4 is 29.3 Å². The molecule has 0 radical (unpaired) electrons. The van der Waals surface area contributed by atoms with Crippen molar-refractivity contribution in [2.75, 3.05) is 13.2 Å². The van der Waals surface area contributed by atoms with Crippen LogP contribution in [0.2, 0.25) is 0 Å². The van der Waals surface area contributed by atoms with Gasteiger partial charge in [0.25, 0.3) is 0 Å². The van der Waals surface area contributed by atoms with Crippen LogP contribution in [0, 0.1) is 17.5 Å². The Hall–Kier alpha value is -2.26. The van der Waals surface area contributed by atoms with Crippen molar-refractivity contribution in [2.45, 2.75) is 24.5 Å². The van der Waals surface area contributed by atoms with E-state index in [1.807, 2.05) is 0 Å². The van der Waals surface area contributed by atoms with Gasteiger partial charge < -0.3 is 21.1 Å². The van der Waals surface area contributed by atoms with Gasteiger partial charge in [-0.1, -0.05) is 11.6 Å². The zero-order valence-corrected chi connectivity index (χ0v) is 14.4. The van der Waals surface area contributed by atoms with Crippen molar-refractivity contribution in [1.29, 1.82) is 0 Å². The van der Waals surface area contributed by atoms with Gasteiger partial charge >= 0.3 is 0 Å². The number of hydrogen-bond donors (Lipinski definition) is 3. The predicted octanol–water partition coefficient (Wildman–Crippen LogP) is 2.27. The van der Waals surface area contributed by atoms with E-state index in [1.165, 1.54) is 6.21 Å². The third kappa shape index (κ3) is 4.28. The summed E-state index contributed by atoms with van der Waals surface area (Å²) in [6.45, 7) is 1.24. The summed E-state index contributed by atoms with van der Waals surface area (Å²) in [4.78, 5) is 7.75. The molecule has 26 heavy (non-hydrogen) atoms. The van der Waals surface area contributed by atoms with Crippen molar-refractivity contribution in [3.63, 3.8) is 0 Å². The van der Waals surface area contributed by atoms with Gasteiger partial charge in [0.2, 0.25) is 0 Å². The first-order valence-electron chi connectivity index (χ1n) is 7.95. The number of nitrogens with two attached hydrogens (primary N) is 1. The number of aliphatic imine (C=N–C) groups is 2. The maximum Gasteiger partial charge on any atom is 0.196 e. The van der Waals surface area contributed by atoms with Gasteiger partial charge in [-0.3, -0.25) is 4.99 Å². The Labute approximate surface area is 153 Å². The fraction of sp³-hybridized carbons (Fsp3) is 0.375. The van der Waals surface area contributed by atoms with Crippen LogP contribution < -0.4 is 16.4 Å². The van der Waals surface area contributed by atoms with Gasteiger partial charge in [-0.05, 0) is 12.8 Å². The summed E-state index contributed by atoms with van der Waals surface area (Å²) in [5.41, 5.74) is 4.83. The quantitative estimate of drug-likeness (QED) is 0.320. The van der Waals surface area contributed by atoms with Gasteiger partial charge in [0.15, 0.2) is 17.3 Å². The van der Waals surface area contributed by atoms with E-state index in [1.54, 1.807) is 0 Å². The fourth-order valence-corrected chi connectivity index (χ4v) is 2.79. The molecule has 1 atom stereocenters. The lowest BCUT2D eigenvalue weighted by Crippen LogP contribution is -2.44. The summed E-state index contributed by atoms with van der Waals surface area (Å²) in [6.07, 6.45) is 2.93. The maximum absolute atomic E-state index is 13.8. The van der Waals surface area contributed by atoms with E-state index in [-0.39, 0.29) is 11.9 Å². The van der Waals surface area contributed by atoms with Crippen LogP contribution in [0.3, 0.4) is 0 Å². The van der Waals surface area contributed by atoms with Gasteiger partial charge in [0.1, 0.15) is 23.2 Å². The fourth-order valence-electron chi connectivity index (χ4n) is 2.62. The maximum atomic E-state index is 13.8. The first kappa shape index (κ1) is 18.5. The van der Waals surface area contributed by atoms with Crippen LogP contribution >= 0.6 is 11.6 Å². The first-order chi connectivity index (χ1) is 12.4. The van der Waals surface area contributed by atoms with E-state index in [4.69, 9.17) is 22.1 Å². The molecule has 0 bridgehead atoms. The average Bonchev–Trinajstić information content (AvgIpc) is 2.59. The molecule has 2 aliphatic rings. The number of halogens is 4. The molecule has 1 aromatic rings. The number of benzene rings is 1. The third-order valence-corrected chi connectivity index (χ3v) is 4.15. The number of rotatable bonds is 4. The van der Waals surface area contributed by atoms with Crippen LogP contribution in [0.4, 0.5) is 18.9 Å². The second-order valence-corrected chi connectivity index (χ2v) is 6.21. The minimum Gasteiger partial charge on any atom is -0.383 e. The second-order valence-electron chi connectivity index (χ2n) is 5.79. The summed E-state index contributed by atoms with van der Waals surface area (Å²) in [5.74, 6) is -3.08. The number of alkyl halides is 1. The van der Waals surface area contributed by atoms with Crippen molar-refractivity contribution < 1.29 is 17.9 Å². The SMILES string of the molecule is NC(=Nc1c(F)cc(F)cc1F)C1=C(NC2CCOCC2)NC(Cl)N=C1. The van der Waals surface area contributed by atoms with E-state index < -0.39 is 28.8 Å². The molecular weight excluding hydrogens is 371 g/mol. The zero-order valence-electron chi connectivity index (χ0n) is 13.6. The molecular formula is C16H17ClF3N5O. The minimum absolute atomic E-state index is 0.115. The van der Waals surface area contributed by atoms with Gasteiger partial charge in [-0.2, -0.15) is 0 Å². The molecule has 1 saturated heterocycles. The van der Waals surface area contributed by atoms with Crippen LogP contribution in [-0.4, -0.2) is 36.9 Å².